The van der Waals surface area contributed by atoms with Gasteiger partial charge in [0.1, 0.15) is 0 Å². The molecule has 1 fully saturated rings. The van der Waals surface area contributed by atoms with Gasteiger partial charge in [-0.05, 0) is 68.1 Å². The van der Waals surface area contributed by atoms with Crippen LogP contribution in [-0.2, 0) is 19.5 Å². The Kier molecular flexibility index (Phi) is 4.06. The summed E-state index contributed by atoms with van der Waals surface area (Å²) in [7, 11) is 0. The number of nitrogens with zero attached hydrogens (tertiary/aromatic N) is 2. The van der Waals surface area contributed by atoms with Gasteiger partial charge in [-0.25, -0.2) is 0 Å². The van der Waals surface area contributed by atoms with Gasteiger partial charge in [-0.3, -0.25) is 4.90 Å². The summed E-state index contributed by atoms with van der Waals surface area (Å²) >= 11 is 6.05. The summed E-state index contributed by atoms with van der Waals surface area (Å²) < 4.78 is 2.63. The third-order valence-electron chi connectivity index (χ3n) is 6.18. The molecule has 2 atom stereocenters. The van der Waals surface area contributed by atoms with E-state index >= 15 is 0 Å². The molecule has 0 aliphatic carbocycles. The highest BCUT2D eigenvalue weighted by atomic mass is 35.5. The normalized spacial score (nSPS) is 21.8. The van der Waals surface area contributed by atoms with Crippen LogP contribution in [0.3, 0.4) is 0 Å². The van der Waals surface area contributed by atoms with Crippen LogP contribution in [-0.4, -0.2) is 22.6 Å². The Labute approximate surface area is 160 Å². The smallest absolute Gasteiger partial charge is 0.0486 e. The highest BCUT2D eigenvalue weighted by molar-refractivity contribution is 6.30. The first-order valence-electron chi connectivity index (χ1n) is 9.77. The molecule has 1 aromatic heterocycles. The van der Waals surface area contributed by atoms with E-state index in [1.807, 2.05) is 12.1 Å². The molecule has 0 saturated carbocycles. The third kappa shape index (κ3) is 2.76. The van der Waals surface area contributed by atoms with Gasteiger partial charge in [0.05, 0.1) is 0 Å². The van der Waals surface area contributed by atoms with E-state index in [9.17, 15) is 0 Å². The van der Waals surface area contributed by atoms with Crippen LogP contribution in [0, 0.1) is 6.92 Å². The minimum Gasteiger partial charge on any atom is -0.344 e. The number of aryl methyl sites for hydroxylation is 3. The van der Waals surface area contributed by atoms with Gasteiger partial charge in [0.25, 0.3) is 0 Å². The Bertz CT molecular complexity index is 954. The molecule has 5 rings (SSSR count). The molecule has 2 aromatic carbocycles. The average Bonchev–Trinajstić information content (AvgIpc) is 2.94. The van der Waals surface area contributed by atoms with Crippen LogP contribution in [0.1, 0.15) is 41.1 Å². The van der Waals surface area contributed by atoms with Gasteiger partial charge in [-0.2, -0.15) is 0 Å². The SMILES string of the molecule is Cc1ccc2c(c1)c1c(n2CCc2ccc(Cl)cc2)C2CCCN(C1)C2. The Balaban J connectivity index is 1.58. The quantitative estimate of drug-likeness (QED) is 0.592. The summed E-state index contributed by atoms with van der Waals surface area (Å²) in [4.78, 5) is 2.65. The van der Waals surface area contributed by atoms with E-state index in [2.05, 4.69) is 46.7 Å². The topological polar surface area (TPSA) is 8.17 Å². The van der Waals surface area contributed by atoms with E-state index in [1.165, 1.54) is 48.0 Å². The molecule has 1 saturated heterocycles. The number of aromatic nitrogens is 1. The first-order valence-corrected chi connectivity index (χ1v) is 10.2. The zero-order valence-corrected chi connectivity index (χ0v) is 16.1. The molecular formula is C23H25ClN2. The van der Waals surface area contributed by atoms with Crippen LogP contribution in [0.5, 0.6) is 0 Å². The molecule has 3 aromatic rings. The van der Waals surface area contributed by atoms with Crippen molar-refractivity contribution in [2.45, 2.75) is 45.2 Å². The number of halogens is 1. The largest absolute Gasteiger partial charge is 0.344 e. The second-order valence-corrected chi connectivity index (χ2v) is 8.42. The number of piperidine rings is 1. The number of benzene rings is 2. The zero-order valence-electron chi connectivity index (χ0n) is 15.3. The van der Waals surface area contributed by atoms with Gasteiger partial charge in [-0.15, -0.1) is 0 Å². The molecule has 2 nitrogen and oxygen atoms in total. The predicted molar refractivity (Wildman–Crippen MR) is 109 cm³/mol. The second-order valence-electron chi connectivity index (χ2n) is 7.99. The summed E-state index contributed by atoms with van der Waals surface area (Å²) in [6.07, 6.45) is 3.72. The van der Waals surface area contributed by atoms with Crippen LogP contribution < -0.4 is 0 Å². The predicted octanol–water partition coefficient (Wildman–Crippen LogP) is 5.54. The van der Waals surface area contributed by atoms with Crippen LogP contribution in [0.4, 0.5) is 0 Å². The average molecular weight is 365 g/mol. The molecule has 134 valence electrons. The Hall–Kier alpha value is -1.77. The van der Waals surface area contributed by atoms with Crippen molar-refractivity contribution in [2.75, 3.05) is 13.1 Å². The van der Waals surface area contributed by atoms with Crippen molar-refractivity contribution in [3.05, 3.63) is 69.9 Å². The van der Waals surface area contributed by atoms with Gasteiger partial charge in [-0.1, -0.05) is 35.4 Å². The molecule has 26 heavy (non-hydrogen) atoms. The maximum absolute atomic E-state index is 6.05. The van der Waals surface area contributed by atoms with Gasteiger partial charge in [0.2, 0.25) is 0 Å². The van der Waals surface area contributed by atoms with E-state index < -0.39 is 0 Å². The van der Waals surface area contributed by atoms with Crippen molar-refractivity contribution in [3.8, 4) is 0 Å². The maximum Gasteiger partial charge on any atom is 0.0486 e. The lowest BCUT2D eigenvalue weighted by atomic mass is 9.87. The lowest BCUT2D eigenvalue weighted by Crippen LogP contribution is -2.39. The molecule has 2 bridgehead atoms. The highest BCUT2D eigenvalue weighted by Crippen LogP contribution is 2.41. The fourth-order valence-electron chi connectivity index (χ4n) is 4.97. The lowest BCUT2D eigenvalue weighted by Gasteiger charge is -2.38. The second kappa shape index (κ2) is 6.44. The number of hydrogen-bond donors (Lipinski definition) is 0. The van der Waals surface area contributed by atoms with Gasteiger partial charge < -0.3 is 4.57 Å². The van der Waals surface area contributed by atoms with E-state index in [0.29, 0.717) is 5.92 Å². The van der Waals surface area contributed by atoms with Crippen molar-refractivity contribution in [1.29, 1.82) is 0 Å². The molecular weight excluding hydrogens is 340 g/mol. The minimum absolute atomic E-state index is 0.699. The van der Waals surface area contributed by atoms with Crippen LogP contribution in [0.25, 0.3) is 10.9 Å². The van der Waals surface area contributed by atoms with Crippen molar-refractivity contribution < 1.29 is 0 Å². The molecule has 3 heterocycles. The van der Waals surface area contributed by atoms with E-state index in [1.54, 1.807) is 11.3 Å². The fourth-order valence-corrected chi connectivity index (χ4v) is 5.10. The Morgan fingerprint density at radius 3 is 2.81 bits per heavy atom. The molecule has 3 heteroatoms. The maximum atomic E-state index is 6.05. The number of rotatable bonds is 3. The fraction of sp³-hybridized carbons (Fsp3) is 0.391. The standard InChI is InChI=1S/C23H25ClN2/c1-16-4-9-22-20(13-16)21-15-25-11-2-3-18(14-25)23(21)26(22)12-10-17-5-7-19(24)8-6-17/h4-9,13,18H,2-3,10-12,14-15H2,1H3. The van der Waals surface area contributed by atoms with E-state index in [0.717, 1.165) is 24.5 Å². The molecule has 0 amide bonds. The number of fused-ring (bicyclic) bond motifs is 6. The monoisotopic (exact) mass is 364 g/mol. The summed E-state index contributed by atoms with van der Waals surface area (Å²) in [5.41, 5.74) is 7.36. The van der Waals surface area contributed by atoms with Crippen molar-refractivity contribution in [2.24, 2.45) is 0 Å². The third-order valence-corrected chi connectivity index (χ3v) is 6.43. The molecule has 2 aliphatic heterocycles. The van der Waals surface area contributed by atoms with Gasteiger partial charge in [0, 0.05) is 47.2 Å². The van der Waals surface area contributed by atoms with E-state index in [4.69, 9.17) is 11.6 Å². The first kappa shape index (κ1) is 16.4. The molecule has 2 unspecified atom stereocenters. The van der Waals surface area contributed by atoms with Gasteiger partial charge >= 0.3 is 0 Å². The minimum atomic E-state index is 0.699. The zero-order chi connectivity index (χ0) is 17.7. The van der Waals surface area contributed by atoms with Crippen LogP contribution >= 0.6 is 11.6 Å². The van der Waals surface area contributed by atoms with Gasteiger partial charge in [0.15, 0.2) is 0 Å². The summed E-state index contributed by atoms with van der Waals surface area (Å²) in [6.45, 7) is 6.88. The molecule has 0 spiro atoms. The first-order chi connectivity index (χ1) is 12.7. The molecule has 2 aliphatic rings. The highest BCUT2D eigenvalue weighted by Gasteiger charge is 2.33. The Morgan fingerprint density at radius 1 is 1.12 bits per heavy atom. The van der Waals surface area contributed by atoms with Crippen LogP contribution in [0.2, 0.25) is 5.02 Å². The summed E-state index contributed by atoms with van der Waals surface area (Å²) in [6, 6.07) is 15.3. The Morgan fingerprint density at radius 2 is 1.96 bits per heavy atom. The summed E-state index contributed by atoms with van der Waals surface area (Å²) in [5, 5.41) is 2.29. The van der Waals surface area contributed by atoms with Crippen molar-refractivity contribution in [3.63, 3.8) is 0 Å². The van der Waals surface area contributed by atoms with Crippen molar-refractivity contribution in [1.82, 2.24) is 9.47 Å². The molecule has 0 radical (unpaired) electrons. The number of hydrogen-bond acceptors (Lipinski definition) is 1. The van der Waals surface area contributed by atoms with Crippen molar-refractivity contribution >= 4 is 22.5 Å². The lowest BCUT2D eigenvalue weighted by molar-refractivity contribution is 0.178. The van der Waals surface area contributed by atoms with E-state index in [-0.39, 0.29) is 0 Å². The summed E-state index contributed by atoms with van der Waals surface area (Å²) in [5.74, 6) is 0.699. The molecule has 0 N–H and O–H groups in total. The van der Waals surface area contributed by atoms with Crippen LogP contribution in [0.15, 0.2) is 42.5 Å².